The van der Waals surface area contributed by atoms with Crippen LogP contribution in [0.2, 0.25) is 0 Å². The maximum Gasteiger partial charge on any atom is 0.276 e. The van der Waals surface area contributed by atoms with E-state index in [0.29, 0.717) is 12.8 Å². The van der Waals surface area contributed by atoms with Gasteiger partial charge < -0.3 is 9.32 Å². The van der Waals surface area contributed by atoms with Crippen LogP contribution in [0.3, 0.4) is 0 Å². The Kier molecular flexibility index (Phi) is 4.07. The monoisotopic (exact) mass is 286 g/mol. The van der Waals surface area contributed by atoms with Gasteiger partial charge in [0.05, 0.1) is 0 Å². The van der Waals surface area contributed by atoms with E-state index >= 15 is 0 Å². The highest BCUT2D eigenvalue weighted by Crippen LogP contribution is 2.21. The van der Waals surface area contributed by atoms with Crippen LogP contribution in [-0.2, 0) is 10.0 Å². The zero-order chi connectivity index (χ0) is 14.0. The van der Waals surface area contributed by atoms with Crippen molar-refractivity contribution in [3.8, 4) is 0 Å². The van der Waals surface area contributed by atoms with Gasteiger partial charge in [0, 0.05) is 19.6 Å². The third kappa shape index (κ3) is 2.88. The Morgan fingerprint density at radius 1 is 1.53 bits per heavy atom. The summed E-state index contributed by atoms with van der Waals surface area (Å²) in [6.45, 7) is 1.42. The van der Waals surface area contributed by atoms with Crippen LogP contribution in [0.4, 0.5) is 0 Å². The molecule has 1 aromatic rings. The molecule has 1 atom stereocenters. The minimum atomic E-state index is -3.66. The molecule has 1 unspecified atom stereocenters. The summed E-state index contributed by atoms with van der Waals surface area (Å²) in [5.41, 5.74) is 0. The fourth-order valence-corrected chi connectivity index (χ4v) is 3.41. The molecule has 0 spiro atoms. The zero-order valence-corrected chi connectivity index (χ0v) is 11.9. The van der Waals surface area contributed by atoms with E-state index in [-0.39, 0.29) is 16.9 Å². The number of carbonyl (C=O) groups is 1. The van der Waals surface area contributed by atoms with E-state index in [1.54, 1.807) is 0 Å². The van der Waals surface area contributed by atoms with E-state index in [4.69, 9.17) is 4.42 Å². The second-order valence-corrected chi connectivity index (χ2v) is 6.81. The summed E-state index contributed by atoms with van der Waals surface area (Å²) in [7, 11) is -0.130. The van der Waals surface area contributed by atoms with Crippen molar-refractivity contribution in [2.24, 2.45) is 0 Å². The molecular formula is C12H18N2O4S. The van der Waals surface area contributed by atoms with E-state index in [1.165, 1.54) is 23.5 Å². The summed E-state index contributed by atoms with van der Waals surface area (Å²) in [6.07, 6.45) is 2.57. The van der Waals surface area contributed by atoms with Crippen LogP contribution in [0.25, 0.3) is 0 Å². The standard InChI is InChI=1S/C12H18N2O4S/c1-13-7-3-4-10(13)8-14(2)19(16,17)12-6-5-11(9-15)18-12/h5-6,9-10H,3-4,7-8H2,1-2H3. The van der Waals surface area contributed by atoms with Crippen LogP contribution in [0.5, 0.6) is 0 Å². The predicted octanol–water partition coefficient (Wildman–Crippen LogP) is 0.807. The van der Waals surface area contributed by atoms with E-state index in [0.717, 1.165) is 19.4 Å². The quantitative estimate of drug-likeness (QED) is 0.749. The van der Waals surface area contributed by atoms with Crippen LogP contribution in [0, 0.1) is 0 Å². The summed E-state index contributed by atoms with van der Waals surface area (Å²) >= 11 is 0. The molecule has 0 N–H and O–H groups in total. The molecule has 1 fully saturated rings. The van der Waals surface area contributed by atoms with Crippen LogP contribution >= 0.6 is 0 Å². The number of hydrogen-bond acceptors (Lipinski definition) is 5. The molecule has 1 aliphatic rings. The molecule has 2 heterocycles. The van der Waals surface area contributed by atoms with Crippen LogP contribution < -0.4 is 0 Å². The van der Waals surface area contributed by atoms with E-state index in [9.17, 15) is 13.2 Å². The first kappa shape index (κ1) is 14.2. The lowest BCUT2D eigenvalue weighted by molar-refractivity contribution is 0.109. The molecular weight excluding hydrogens is 268 g/mol. The molecule has 0 aliphatic carbocycles. The number of likely N-dealkylation sites (tertiary alicyclic amines) is 1. The van der Waals surface area contributed by atoms with Crippen molar-refractivity contribution >= 4 is 16.3 Å². The highest BCUT2D eigenvalue weighted by atomic mass is 32.2. The van der Waals surface area contributed by atoms with Crippen molar-refractivity contribution in [1.29, 1.82) is 0 Å². The first-order valence-corrected chi connectivity index (χ1v) is 7.60. The second kappa shape index (κ2) is 5.44. The smallest absolute Gasteiger partial charge is 0.276 e. The fourth-order valence-electron chi connectivity index (χ4n) is 2.29. The predicted molar refractivity (Wildman–Crippen MR) is 69.6 cm³/mol. The molecule has 1 aliphatic heterocycles. The summed E-state index contributed by atoms with van der Waals surface area (Å²) in [5.74, 6) is 0.0185. The normalized spacial score (nSPS) is 21.1. The lowest BCUT2D eigenvalue weighted by atomic mass is 10.2. The Balaban J connectivity index is 2.12. The number of likely N-dealkylation sites (N-methyl/N-ethyl adjacent to an activating group) is 2. The lowest BCUT2D eigenvalue weighted by Crippen LogP contribution is -2.39. The van der Waals surface area contributed by atoms with Gasteiger partial charge >= 0.3 is 0 Å². The number of aldehydes is 1. The lowest BCUT2D eigenvalue weighted by Gasteiger charge is -2.24. The average Bonchev–Trinajstić information content (AvgIpc) is 2.99. The molecule has 0 aromatic carbocycles. The minimum absolute atomic E-state index is 0.0185. The molecule has 1 aromatic heterocycles. The van der Waals surface area contributed by atoms with Crippen molar-refractivity contribution in [1.82, 2.24) is 9.21 Å². The molecule has 7 heteroatoms. The van der Waals surface area contributed by atoms with Gasteiger partial charge in [-0.3, -0.25) is 4.79 Å². The number of rotatable bonds is 5. The van der Waals surface area contributed by atoms with Crippen molar-refractivity contribution < 1.29 is 17.6 Å². The van der Waals surface area contributed by atoms with Gasteiger partial charge in [-0.05, 0) is 38.6 Å². The van der Waals surface area contributed by atoms with Gasteiger partial charge in [-0.2, -0.15) is 4.31 Å². The number of furan rings is 1. The Morgan fingerprint density at radius 2 is 2.26 bits per heavy atom. The van der Waals surface area contributed by atoms with Crippen molar-refractivity contribution in [3.63, 3.8) is 0 Å². The summed E-state index contributed by atoms with van der Waals surface area (Å²) < 4.78 is 30.8. The molecule has 0 amide bonds. The van der Waals surface area contributed by atoms with E-state index in [1.807, 2.05) is 7.05 Å². The highest BCUT2D eigenvalue weighted by Gasteiger charge is 2.29. The van der Waals surface area contributed by atoms with E-state index < -0.39 is 10.0 Å². The maximum atomic E-state index is 12.3. The van der Waals surface area contributed by atoms with Gasteiger partial charge in [0.15, 0.2) is 12.0 Å². The third-order valence-electron chi connectivity index (χ3n) is 3.52. The van der Waals surface area contributed by atoms with Gasteiger partial charge in [0.2, 0.25) is 5.09 Å². The average molecular weight is 286 g/mol. The Bertz CT molecular complexity index is 552. The Labute approximate surface area is 113 Å². The van der Waals surface area contributed by atoms with Crippen LogP contribution in [0.15, 0.2) is 21.6 Å². The first-order valence-electron chi connectivity index (χ1n) is 6.16. The molecule has 0 bridgehead atoms. The topological polar surface area (TPSA) is 70.8 Å². The van der Waals surface area contributed by atoms with Crippen molar-refractivity contribution in [2.75, 3.05) is 27.2 Å². The molecule has 19 heavy (non-hydrogen) atoms. The molecule has 1 saturated heterocycles. The van der Waals surface area contributed by atoms with Crippen LogP contribution in [0.1, 0.15) is 23.4 Å². The molecule has 0 radical (unpaired) electrons. The molecule has 0 saturated carbocycles. The summed E-state index contributed by atoms with van der Waals surface area (Å²) in [5, 5.41) is -0.183. The zero-order valence-electron chi connectivity index (χ0n) is 11.1. The SMILES string of the molecule is CN1CCCC1CN(C)S(=O)(=O)c1ccc(C=O)o1. The van der Waals surface area contributed by atoms with Gasteiger partial charge in [-0.15, -0.1) is 0 Å². The summed E-state index contributed by atoms with van der Waals surface area (Å²) in [4.78, 5) is 12.7. The molecule has 2 rings (SSSR count). The molecule has 106 valence electrons. The molecule has 6 nitrogen and oxygen atoms in total. The first-order chi connectivity index (χ1) is 8.95. The number of hydrogen-bond donors (Lipinski definition) is 0. The van der Waals surface area contributed by atoms with Gasteiger partial charge in [-0.1, -0.05) is 0 Å². The largest absolute Gasteiger partial charge is 0.440 e. The number of carbonyl (C=O) groups excluding carboxylic acids is 1. The van der Waals surface area contributed by atoms with E-state index in [2.05, 4.69) is 4.90 Å². The van der Waals surface area contributed by atoms with Crippen LogP contribution in [-0.4, -0.2) is 57.1 Å². The Morgan fingerprint density at radius 3 is 2.79 bits per heavy atom. The summed E-state index contributed by atoms with van der Waals surface area (Å²) in [6, 6.07) is 2.91. The fraction of sp³-hybridized carbons (Fsp3) is 0.583. The second-order valence-electron chi connectivity index (χ2n) is 4.84. The van der Waals surface area contributed by atoms with Crippen molar-refractivity contribution in [2.45, 2.75) is 24.0 Å². The minimum Gasteiger partial charge on any atom is -0.440 e. The highest BCUT2D eigenvalue weighted by molar-refractivity contribution is 7.89. The number of sulfonamides is 1. The maximum absolute atomic E-state index is 12.3. The van der Waals surface area contributed by atoms with Gasteiger partial charge in [0.25, 0.3) is 10.0 Å². The Hall–Kier alpha value is -1.18. The third-order valence-corrected chi connectivity index (χ3v) is 5.22. The number of nitrogens with zero attached hydrogens (tertiary/aromatic N) is 2. The van der Waals surface area contributed by atoms with Crippen molar-refractivity contribution in [3.05, 3.63) is 17.9 Å². The van der Waals surface area contributed by atoms with Gasteiger partial charge in [0.1, 0.15) is 0 Å². The van der Waals surface area contributed by atoms with Gasteiger partial charge in [-0.25, -0.2) is 8.42 Å².